The third kappa shape index (κ3) is 1.33. The molecule has 0 aliphatic rings. The number of benzene rings is 1. The zero-order chi connectivity index (χ0) is 11.0. The molecule has 0 bridgehead atoms. The highest BCUT2D eigenvalue weighted by Crippen LogP contribution is 2.23. The molecular weight excluding hydrogens is 206 g/mol. The maximum atomic E-state index is 5.24. The molecule has 16 heavy (non-hydrogen) atoms. The number of rotatable bonds is 2. The van der Waals surface area contributed by atoms with Crippen LogP contribution in [0.3, 0.4) is 0 Å². The molecule has 0 fully saturated rings. The summed E-state index contributed by atoms with van der Waals surface area (Å²) in [5.74, 6) is 0. The molecule has 0 saturated carbocycles. The van der Waals surface area contributed by atoms with Crippen LogP contribution in [-0.4, -0.2) is 22.1 Å². The molecule has 0 saturated heterocycles. The van der Waals surface area contributed by atoms with Gasteiger partial charge in [0.15, 0.2) is 12.0 Å². The van der Waals surface area contributed by atoms with E-state index in [0.717, 1.165) is 22.4 Å². The van der Waals surface area contributed by atoms with E-state index in [2.05, 4.69) is 15.0 Å². The second kappa shape index (κ2) is 3.37. The number of imidazole rings is 1. The van der Waals surface area contributed by atoms with Gasteiger partial charge in [-0.25, -0.2) is 9.97 Å². The van der Waals surface area contributed by atoms with Gasteiger partial charge in [0.2, 0.25) is 0 Å². The van der Waals surface area contributed by atoms with E-state index in [9.17, 15) is 0 Å². The van der Waals surface area contributed by atoms with Crippen molar-refractivity contribution in [1.29, 1.82) is 0 Å². The number of oxazole rings is 1. The van der Waals surface area contributed by atoms with Crippen LogP contribution in [0.25, 0.3) is 22.4 Å². The number of hydrogen-bond donors (Lipinski definition) is 1. The number of ether oxygens (including phenoxy) is 1. The lowest BCUT2D eigenvalue weighted by atomic mass is 10.1. The van der Waals surface area contributed by atoms with Gasteiger partial charge in [-0.3, -0.25) is 0 Å². The minimum Gasteiger partial charge on any atom is -0.468 e. The lowest BCUT2D eigenvalue weighted by Crippen LogP contribution is -1.83. The van der Waals surface area contributed by atoms with Gasteiger partial charge in [0.05, 0.1) is 19.0 Å². The summed E-state index contributed by atoms with van der Waals surface area (Å²) in [5, 5.41) is 0. The van der Waals surface area contributed by atoms with Crippen LogP contribution < -0.4 is 4.74 Å². The number of nitrogens with one attached hydrogen (secondary N) is 1. The zero-order valence-electron chi connectivity index (χ0n) is 8.60. The second-order valence-corrected chi connectivity index (χ2v) is 3.34. The number of methoxy groups -OCH3 is 1. The van der Waals surface area contributed by atoms with Gasteiger partial charge in [-0.05, 0) is 12.1 Å². The number of fused-ring (bicyclic) bond motifs is 1. The molecule has 0 aliphatic carbocycles. The van der Waals surface area contributed by atoms with Gasteiger partial charge >= 0.3 is 0 Å². The van der Waals surface area contributed by atoms with Crippen LogP contribution in [0, 0.1) is 0 Å². The highest BCUT2D eigenvalue weighted by atomic mass is 16.5. The summed E-state index contributed by atoms with van der Waals surface area (Å²) >= 11 is 0. The minimum atomic E-state index is 0.493. The third-order valence-corrected chi connectivity index (χ3v) is 2.39. The fourth-order valence-corrected chi connectivity index (χ4v) is 1.58. The van der Waals surface area contributed by atoms with Gasteiger partial charge in [-0.2, -0.15) is 0 Å². The largest absolute Gasteiger partial charge is 0.468 e. The molecule has 0 amide bonds. The lowest BCUT2D eigenvalue weighted by Gasteiger charge is -1.96. The predicted molar refractivity (Wildman–Crippen MR) is 58.1 cm³/mol. The van der Waals surface area contributed by atoms with Gasteiger partial charge < -0.3 is 14.1 Å². The van der Waals surface area contributed by atoms with E-state index in [1.54, 1.807) is 13.3 Å². The Kier molecular flexibility index (Phi) is 1.89. The van der Waals surface area contributed by atoms with Crippen LogP contribution in [0.4, 0.5) is 0 Å². The van der Waals surface area contributed by atoms with Gasteiger partial charge in [-0.1, -0.05) is 6.07 Å². The smallest absolute Gasteiger partial charge is 0.293 e. The maximum absolute atomic E-state index is 5.24. The average Bonchev–Trinajstić information content (AvgIpc) is 2.96. The number of aromatic nitrogens is 3. The van der Waals surface area contributed by atoms with E-state index < -0.39 is 0 Å². The van der Waals surface area contributed by atoms with Crippen molar-refractivity contribution in [3.05, 3.63) is 30.8 Å². The Balaban J connectivity index is 2.10. The van der Waals surface area contributed by atoms with Crippen LogP contribution in [0.1, 0.15) is 0 Å². The minimum absolute atomic E-state index is 0.493. The SMILES string of the molecule is COc1ncc(-c2ccc3ncoc3c2)[nH]1. The zero-order valence-corrected chi connectivity index (χ0v) is 8.60. The highest BCUT2D eigenvalue weighted by Gasteiger charge is 2.05. The van der Waals surface area contributed by atoms with Crippen molar-refractivity contribution in [2.24, 2.45) is 0 Å². The quantitative estimate of drug-likeness (QED) is 0.711. The fraction of sp³-hybridized carbons (Fsp3) is 0.0909. The van der Waals surface area contributed by atoms with Crippen LogP contribution in [-0.2, 0) is 0 Å². The van der Waals surface area contributed by atoms with Gasteiger partial charge in [0, 0.05) is 5.56 Å². The molecule has 80 valence electrons. The molecule has 5 nitrogen and oxygen atoms in total. The number of aromatic amines is 1. The molecule has 0 aliphatic heterocycles. The first-order valence-electron chi connectivity index (χ1n) is 4.79. The molecule has 0 spiro atoms. The molecule has 2 heterocycles. The summed E-state index contributed by atoms with van der Waals surface area (Å²) in [6.07, 6.45) is 3.15. The van der Waals surface area contributed by atoms with Crippen molar-refractivity contribution in [2.45, 2.75) is 0 Å². The van der Waals surface area contributed by atoms with Crippen molar-refractivity contribution in [1.82, 2.24) is 15.0 Å². The molecule has 0 radical (unpaired) electrons. The van der Waals surface area contributed by atoms with Crippen LogP contribution in [0.2, 0.25) is 0 Å². The maximum Gasteiger partial charge on any atom is 0.293 e. The summed E-state index contributed by atoms with van der Waals surface area (Å²) in [7, 11) is 1.57. The highest BCUT2D eigenvalue weighted by molar-refractivity contribution is 5.78. The second-order valence-electron chi connectivity index (χ2n) is 3.34. The standard InChI is InChI=1S/C11H9N3O2/c1-15-11-12-5-9(14-11)7-2-3-8-10(4-7)16-6-13-8/h2-6H,1H3,(H,12,14). The Labute approximate surface area is 91.1 Å². The van der Waals surface area contributed by atoms with E-state index in [1.165, 1.54) is 6.39 Å². The van der Waals surface area contributed by atoms with Crippen molar-refractivity contribution in [3.63, 3.8) is 0 Å². The van der Waals surface area contributed by atoms with Gasteiger partial charge in [0.25, 0.3) is 6.01 Å². The first kappa shape index (κ1) is 8.96. The molecule has 5 heteroatoms. The fourth-order valence-electron chi connectivity index (χ4n) is 1.58. The van der Waals surface area contributed by atoms with Crippen molar-refractivity contribution in [2.75, 3.05) is 7.11 Å². The van der Waals surface area contributed by atoms with E-state index in [-0.39, 0.29) is 0 Å². The summed E-state index contributed by atoms with van der Waals surface area (Å²) in [6.45, 7) is 0. The normalized spacial score (nSPS) is 10.8. The van der Waals surface area contributed by atoms with Crippen molar-refractivity contribution in [3.8, 4) is 17.3 Å². The molecule has 0 unspecified atom stereocenters. The van der Waals surface area contributed by atoms with Crippen molar-refractivity contribution < 1.29 is 9.15 Å². The molecule has 2 aromatic heterocycles. The topological polar surface area (TPSA) is 63.9 Å². The molecule has 3 aromatic rings. The monoisotopic (exact) mass is 215 g/mol. The van der Waals surface area contributed by atoms with Crippen molar-refractivity contribution >= 4 is 11.1 Å². The molecule has 0 atom stereocenters. The van der Waals surface area contributed by atoms with E-state index in [1.807, 2.05) is 18.2 Å². The van der Waals surface area contributed by atoms with Gasteiger partial charge in [-0.15, -0.1) is 0 Å². The first-order chi connectivity index (χ1) is 7.86. The Morgan fingerprint density at radius 2 is 2.25 bits per heavy atom. The molecule has 1 N–H and O–H groups in total. The Morgan fingerprint density at radius 3 is 3.06 bits per heavy atom. The van der Waals surface area contributed by atoms with Crippen LogP contribution >= 0.6 is 0 Å². The third-order valence-electron chi connectivity index (χ3n) is 2.39. The lowest BCUT2D eigenvalue weighted by molar-refractivity contribution is 0.384. The molecule has 1 aromatic carbocycles. The van der Waals surface area contributed by atoms with Crippen LogP contribution in [0.5, 0.6) is 6.01 Å². The molecule has 3 rings (SSSR count). The van der Waals surface area contributed by atoms with E-state index in [0.29, 0.717) is 6.01 Å². The van der Waals surface area contributed by atoms with Gasteiger partial charge in [0.1, 0.15) is 5.52 Å². The first-order valence-corrected chi connectivity index (χ1v) is 4.79. The van der Waals surface area contributed by atoms with E-state index in [4.69, 9.17) is 9.15 Å². The summed E-state index contributed by atoms with van der Waals surface area (Å²) < 4.78 is 10.2. The average molecular weight is 215 g/mol. The van der Waals surface area contributed by atoms with Crippen LogP contribution in [0.15, 0.2) is 35.2 Å². The Bertz CT molecular complexity index is 627. The predicted octanol–water partition coefficient (Wildman–Crippen LogP) is 2.23. The summed E-state index contributed by atoms with van der Waals surface area (Å²) in [6, 6.07) is 6.27. The number of H-pyrrole nitrogens is 1. The Hall–Kier alpha value is -2.30. The van der Waals surface area contributed by atoms with E-state index >= 15 is 0 Å². The summed E-state index contributed by atoms with van der Waals surface area (Å²) in [5.41, 5.74) is 3.47. The Morgan fingerprint density at radius 1 is 1.31 bits per heavy atom. The number of nitrogens with zero attached hydrogens (tertiary/aromatic N) is 2. The molecular formula is C11H9N3O2. The summed E-state index contributed by atoms with van der Waals surface area (Å²) in [4.78, 5) is 11.2. The number of hydrogen-bond acceptors (Lipinski definition) is 4.